The molecule has 0 amide bonds. The van der Waals surface area contributed by atoms with Crippen molar-refractivity contribution in [2.24, 2.45) is 5.92 Å². The maximum absolute atomic E-state index is 11.3. The number of rotatable bonds is 5. The molecule has 0 radical (unpaired) electrons. The van der Waals surface area contributed by atoms with E-state index in [1.165, 1.54) is 6.92 Å². The Balaban J connectivity index is 4.57. The Morgan fingerprint density at radius 2 is 1.77 bits per heavy atom. The van der Waals surface area contributed by atoms with Gasteiger partial charge in [0.25, 0.3) is 0 Å². The van der Waals surface area contributed by atoms with E-state index in [4.69, 9.17) is 5.11 Å². The van der Waals surface area contributed by atoms with E-state index >= 15 is 0 Å². The van der Waals surface area contributed by atoms with E-state index in [9.17, 15) is 9.59 Å². The largest absolute Gasteiger partial charge is 0.480 e. The van der Waals surface area contributed by atoms with Crippen LogP contribution in [0.25, 0.3) is 0 Å². The number of hydrogen-bond donors (Lipinski definition) is 1. The summed E-state index contributed by atoms with van der Waals surface area (Å²) in [6.07, 6.45) is 0.101. The first-order chi connectivity index (χ1) is 5.86. The zero-order valence-electron chi connectivity index (χ0n) is 7.96. The number of carbonyl (C=O) groups is 2. The molecule has 0 aromatic rings. The van der Waals surface area contributed by atoms with Crippen molar-refractivity contribution in [2.75, 3.05) is 0 Å². The molecule has 0 aromatic heterocycles. The second kappa shape index (κ2) is 4.60. The Morgan fingerprint density at radius 1 is 1.31 bits per heavy atom. The Bertz CT molecular complexity index is 249. The van der Waals surface area contributed by atoms with Gasteiger partial charge in [0.05, 0.1) is 0 Å². The Labute approximate surface area is 77.8 Å². The molecular weight excluding hydrogens is 168 g/mol. The number of carboxylic acid groups (broad SMARTS) is 1. The van der Waals surface area contributed by atoms with Gasteiger partial charge in [-0.1, -0.05) is 24.3 Å². The van der Waals surface area contributed by atoms with E-state index in [1.807, 2.05) is 0 Å². The highest BCUT2D eigenvalue weighted by Crippen LogP contribution is 2.14. The molecule has 1 atom stereocenters. The summed E-state index contributed by atoms with van der Waals surface area (Å²) < 4.78 is 0. The first-order valence-electron chi connectivity index (χ1n) is 3.91. The molecule has 0 aliphatic carbocycles. The van der Waals surface area contributed by atoms with Crippen LogP contribution in [0.1, 0.15) is 20.3 Å². The molecule has 13 heavy (non-hydrogen) atoms. The summed E-state index contributed by atoms with van der Waals surface area (Å²) in [7, 11) is 0. The molecule has 0 rings (SSSR count). The minimum atomic E-state index is -1.14. The minimum absolute atomic E-state index is 0.101. The van der Waals surface area contributed by atoms with Gasteiger partial charge in [-0.25, -0.2) is 0 Å². The fraction of sp³-hybridized carbons (Fsp3) is 0.400. The lowest BCUT2D eigenvalue weighted by atomic mass is 9.93. The molecule has 0 saturated carbocycles. The van der Waals surface area contributed by atoms with Crippen LogP contribution in [-0.4, -0.2) is 16.9 Å². The number of ketones is 1. The van der Waals surface area contributed by atoms with Crippen LogP contribution in [0.5, 0.6) is 0 Å². The molecule has 3 heteroatoms. The smallest absolute Gasteiger partial charge is 0.318 e. The van der Waals surface area contributed by atoms with Gasteiger partial charge in [-0.05, 0) is 13.8 Å². The van der Waals surface area contributed by atoms with Crippen LogP contribution in [-0.2, 0) is 9.59 Å². The lowest BCUT2D eigenvalue weighted by molar-refractivity contribution is -0.144. The van der Waals surface area contributed by atoms with Gasteiger partial charge < -0.3 is 5.11 Å². The van der Waals surface area contributed by atoms with Crippen molar-refractivity contribution in [2.45, 2.75) is 20.3 Å². The lowest BCUT2D eigenvalue weighted by Gasteiger charge is -2.10. The SMILES string of the molecule is C=C(C)CC(=O)C(C(=C)C)C(=O)O. The highest BCUT2D eigenvalue weighted by molar-refractivity contribution is 6.01. The molecule has 0 aliphatic rings. The summed E-state index contributed by atoms with van der Waals surface area (Å²) in [5.41, 5.74) is 1.02. The zero-order valence-corrected chi connectivity index (χ0v) is 7.96. The number of hydrogen-bond acceptors (Lipinski definition) is 2. The highest BCUT2D eigenvalue weighted by atomic mass is 16.4. The Hall–Kier alpha value is -1.38. The first-order valence-corrected chi connectivity index (χ1v) is 3.91. The summed E-state index contributed by atoms with van der Waals surface area (Å²) in [5, 5.41) is 8.72. The highest BCUT2D eigenvalue weighted by Gasteiger charge is 2.26. The van der Waals surface area contributed by atoms with E-state index in [1.54, 1.807) is 6.92 Å². The summed E-state index contributed by atoms with van der Waals surface area (Å²) in [6.45, 7) is 10.3. The topological polar surface area (TPSA) is 54.4 Å². The van der Waals surface area contributed by atoms with Crippen molar-refractivity contribution >= 4 is 11.8 Å². The van der Waals surface area contributed by atoms with Gasteiger partial charge in [0.2, 0.25) is 0 Å². The predicted molar refractivity (Wildman–Crippen MR) is 50.4 cm³/mol. The van der Waals surface area contributed by atoms with Gasteiger partial charge in [-0.15, -0.1) is 0 Å². The molecule has 0 spiro atoms. The molecule has 0 saturated heterocycles. The molecule has 0 heterocycles. The number of aliphatic carboxylic acids is 1. The number of allylic oxidation sites excluding steroid dienone is 1. The summed E-state index contributed by atoms with van der Waals surface area (Å²) >= 11 is 0. The van der Waals surface area contributed by atoms with E-state index < -0.39 is 11.9 Å². The van der Waals surface area contributed by atoms with Crippen LogP contribution in [0.15, 0.2) is 24.3 Å². The minimum Gasteiger partial charge on any atom is -0.480 e. The third-order valence-corrected chi connectivity index (χ3v) is 1.54. The third kappa shape index (κ3) is 3.69. The van der Waals surface area contributed by atoms with Crippen molar-refractivity contribution in [3.05, 3.63) is 24.3 Å². The fourth-order valence-corrected chi connectivity index (χ4v) is 1.02. The quantitative estimate of drug-likeness (QED) is 0.521. The molecule has 1 unspecified atom stereocenters. The first kappa shape index (κ1) is 11.6. The van der Waals surface area contributed by atoms with Crippen LogP contribution < -0.4 is 0 Å². The Morgan fingerprint density at radius 3 is 2.00 bits per heavy atom. The van der Waals surface area contributed by atoms with Crippen LogP contribution in [0.3, 0.4) is 0 Å². The van der Waals surface area contributed by atoms with Gasteiger partial charge in [-0.2, -0.15) is 0 Å². The molecular formula is C10H14O3. The van der Waals surface area contributed by atoms with E-state index in [0.29, 0.717) is 11.1 Å². The standard InChI is InChI=1S/C10H14O3/c1-6(2)5-8(11)9(7(3)4)10(12)13/h9H,1,3,5H2,2,4H3,(H,12,13). The lowest BCUT2D eigenvalue weighted by Crippen LogP contribution is -2.24. The molecule has 1 N–H and O–H groups in total. The van der Waals surface area contributed by atoms with E-state index in [-0.39, 0.29) is 12.2 Å². The molecule has 0 bridgehead atoms. The van der Waals surface area contributed by atoms with Gasteiger partial charge in [0.15, 0.2) is 5.78 Å². The maximum atomic E-state index is 11.3. The maximum Gasteiger partial charge on any atom is 0.318 e. The van der Waals surface area contributed by atoms with Gasteiger partial charge >= 0.3 is 5.97 Å². The van der Waals surface area contributed by atoms with Gasteiger partial charge in [0.1, 0.15) is 5.92 Å². The van der Waals surface area contributed by atoms with Crippen molar-refractivity contribution in [1.82, 2.24) is 0 Å². The molecule has 0 aliphatic heterocycles. The average molecular weight is 182 g/mol. The van der Waals surface area contributed by atoms with Crippen molar-refractivity contribution in [1.29, 1.82) is 0 Å². The summed E-state index contributed by atoms with van der Waals surface area (Å²) in [5.74, 6) is -2.58. The third-order valence-electron chi connectivity index (χ3n) is 1.54. The zero-order chi connectivity index (χ0) is 10.6. The van der Waals surface area contributed by atoms with Crippen molar-refractivity contribution < 1.29 is 14.7 Å². The van der Waals surface area contributed by atoms with E-state index in [2.05, 4.69) is 13.2 Å². The Kier molecular flexibility index (Phi) is 4.11. The number of Topliss-reactive ketones (excluding diaryl/α,β-unsaturated/α-hetero) is 1. The van der Waals surface area contributed by atoms with Gasteiger partial charge in [0, 0.05) is 6.42 Å². The summed E-state index contributed by atoms with van der Waals surface area (Å²) in [6, 6.07) is 0. The molecule has 3 nitrogen and oxygen atoms in total. The molecule has 0 fully saturated rings. The molecule has 72 valence electrons. The summed E-state index contributed by atoms with van der Waals surface area (Å²) in [4.78, 5) is 22.0. The normalized spacial score (nSPS) is 11.8. The van der Waals surface area contributed by atoms with E-state index in [0.717, 1.165) is 0 Å². The second-order valence-electron chi connectivity index (χ2n) is 3.22. The number of carboxylic acids is 1. The monoisotopic (exact) mass is 182 g/mol. The van der Waals surface area contributed by atoms with Crippen LogP contribution in [0.2, 0.25) is 0 Å². The van der Waals surface area contributed by atoms with Crippen LogP contribution in [0.4, 0.5) is 0 Å². The predicted octanol–water partition coefficient (Wildman–Crippen LogP) is 1.80. The fourth-order valence-electron chi connectivity index (χ4n) is 1.02. The van der Waals surface area contributed by atoms with Crippen molar-refractivity contribution in [3.63, 3.8) is 0 Å². The number of carbonyl (C=O) groups excluding carboxylic acids is 1. The van der Waals surface area contributed by atoms with Gasteiger partial charge in [-0.3, -0.25) is 9.59 Å². The average Bonchev–Trinajstić information content (AvgIpc) is 1.81. The van der Waals surface area contributed by atoms with Crippen LogP contribution in [0, 0.1) is 5.92 Å². The second-order valence-corrected chi connectivity index (χ2v) is 3.22. The van der Waals surface area contributed by atoms with Crippen molar-refractivity contribution in [3.8, 4) is 0 Å². The molecule has 0 aromatic carbocycles. The van der Waals surface area contributed by atoms with Crippen LogP contribution >= 0.6 is 0 Å².